The third kappa shape index (κ3) is 2.25. The Balaban J connectivity index is 2.62. The van der Waals surface area contributed by atoms with Crippen LogP contribution in [-0.4, -0.2) is 0 Å². The summed E-state index contributed by atoms with van der Waals surface area (Å²) in [6.07, 6.45) is -4.32. The van der Waals surface area contributed by atoms with Gasteiger partial charge in [-0.3, -0.25) is 0 Å². The minimum absolute atomic E-state index is 0.491. The number of benzene rings is 2. The fraction of sp³-hybridized carbons (Fsp3) is 0.0909. The highest BCUT2D eigenvalue weighted by atomic mass is 127. The number of alkyl halides is 3. The van der Waals surface area contributed by atoms with Crippen molar-refractivity contribution in [3.63, 3.8) is 0 Å². The van der Waals surface area contributed by atoms with Crippen LogP contribution >= 0.6 is 22.6 Å². The average Bonchev–Trinajstić information content (AvgIpc) is 2.15. The number of rotatable bonds is 0. The molecular formula is C11H5F3I. The Hall–Kier alpha value is -0.780. The molecule has 15 heavy (non-hydrogen) atoms. The summed E-state index contributed by atoms with van der Waals surface area (Å²) in [6.45, 7) is 0. The summed E-state index contributed by atoms with van der Waals surface area (Å²) < 4.78 is 38.1. The summed E-state index contributed by atoms with van der Waals surface area (Å²) in [5.74, 6) is 0. The first-order chi connectivity index (χ1) is 6.97. The number of hydrogen-bond acceptors (Lipinski definition) is 0. The fourth-order valence-corrected chi connectivity index (χ4v) is 1.83. The molecule has 0 aliphatic rings. The van der Waals surface area contributed by atoms with Gasteiger partial charge in [-0.25, -0.2) is 0 Å². The first-order valence-electron chi connectivity index (χ1n) is 4.15. The van der Waals surface area contributed by atoms with Crippen LogP contribution < -0.4 is 0 Å². The Labute approximate surface area is 98.2 Å². The molecule has 77 valence electrons. The lowest BCUT2D eigenvalue weighted by Gasteiger charge is -2.07. The minimum Gasteiger partial charge on any atom is -0.166 e. The van der Waals surface area contributed by atoms with Crippen LogP contribution in [0.25, 0.3) is 10.8 Å². The predicted molar refractivity (Wildman–Crippen MR) is 60.5 cm³/mol. The molecule has 0 fully saturated rings. The van der Waals surface area contributed by atoms with Gasteiger partial charge in [-0.05, 0) is 51.6 Å². The molecule has 0 atom stereocenters. The lowest BCUT2D eigenvalue weighted by molar-refractivity contribution is -0.137. The van der Waals surface area contributed by atoms with Crippen LogP contribution in [0.5, 0.6) is 0 Å². The second-order valence-electron chi connectivity index (χ2n) is 3.10. The highest BCUT2D eigenvalue weighted by Crippen LogP contribution is 2.31. The summed E-state index contributed by atoms with van der Waals surface area (Å²) in [5.41, 5.74) is -0.726. The van der Waals surface area contributed by atoms with E-state index in [0.29, 0.717) is 5.39 Å². The predicted octanol–water partition coefficient (Wildman–Crippen LogP) is 4.26. The Kier molecular flexibility index (Phi) is 2.62. The van der Waals surface area contributed by atoms with E-state index >= 15 is 0 Å². The Bertz CT molecular complexity index is 503. The zero-order valence-corrected chi connectivity index (χ0v) is 9.56. The van der Waals surface area contributed by atoms with E-state index in [2.05, 4.69) is 28.7 Å². The normalized spacial score (nSPS) is 12.0. The van der Waals surface area contributed by atoms with Crippen molar-refractivity contribution in [1.29, 1.82) is 0 Å². The van der Waals surface area contributed by atoms with Crippen molar-refractivity contribution in [2.45, 2.75) is 6.18 Å². The molecule has 0 amide bonds. The number of hydrogen-bond donors (Lipinski definition) is 0. The summed E-state index contributed by atoms with van der Waals surface area (Å²) in [7, 11) is 0. The van der Waals surface area contributed by atoms with Gasteiger partial charge in [0.25, 0.3) is 0 Å². The molecule has 0 heterocycles. The molecule has 0 aliphatic carbocycles. The van der Waals surface area contributed by atoms with Gasteiger partial charge in [-0.1, -0.05) is 12.1 Å². The Morgan fingerprint density at radius 3 is 2.47 bits per heavy atom. The molecule has 1 radical (unpaired) electrons. The van der Waals surface area contributed by atoms with E-state index in [1.807, 2.05) is 6.07 Å². The summed E-state index contributed by atoms with van der Waals surface area (Å²) in [5, 5.41) is 1.26. The smallest absolute Gasteiger partial charge is 0.166 e. The molecule has 2 rings (SSSR count). The maximum atomic E-state index is 12.4. The second-order valence-corrected chi connectivity index (χ2v) is 4.35. The van der Waals surface area contributed by atoms with Gasteiger partial charge in [-0.2, -0.15) is 13.2 Å². The van der Waals surface area contributed by atoms with Crippen molar-refractivity contribution in [2.75, 3.05) is 0 Å². The van der Waals surface area contributed by atoms with Crippen molar-refractivity contribution < 1.29 is 13.2 Å². The molecule has 0 aliphatic heterocycles. The third-order valence-corrected chi connectivity index (χ3v) is 2.69. The Morgan fingerprint density at radius 2 is 1.80 bits per heavy atom. The van der Waals surface area contributed by atoms with Crippen LogP contribution in [0.15, 0.2) is 30.3 Å². The fourth-order valence-electron chi connectivity index (χ4n) is 1.31. The first-order valence-corrected chi connectivity index (χ1v) is 5.23. The molecule has 2 aromatic rings. The van der Waals surface area contributed by atoms with Gasteiger partial charge in [0.05, 0.1) is 5.56 Å². The van der Waals surface area contributed by atoms with Gasteiger partial charge >= 0.3 is 6.18 Å². The molecule has 0 unspecified atom stereocenters. The van der Waals surface area contributed by atoms with Crippen LogP contribution in [0.3, 0.4) is 0 Å². The van der Waals surface area contributed by atoms with Crippen molar-refractivity contribution in [3.8, 4) is 0 Å². The standard InChI is InChI=1S/C11H5F3I/c12-11(13,14)9-3-1-8-6-10(15)4-2-7(8)5-9/h1-4,6H. The van der Waals surface area contributed by atoms with Crippen LogP contribution in [0.1, 0.15) is 5.56 Å². The third-order valence-electron chi connectivity index (χ3n) is 2.02. The topological polar surface area (TPSA) is 0 Å². The van der Waals surface area contributed by atoms with Crippen LogP contribution in [0.2, 0.25) is 0 Å². The van der Waals surface area contributed by atoms with Crippen molar-refractivity contribution in [2.24, 2.45) is 0 Å². The van der Waals surface area contributed by atoms with Crippen molar-refractivity contribution in [3.05, 3.63) is 45.5 Å². The van der Waals surface area contributed by atoms with Gasteiger partial charge in [0.15, 0.2) is 0 Å². The summed E-state index contributed by atoms with van der Waals surface area (Å²) >= 11 is 2.12. The van der Waals surface area contributed by atoms with Gasteiger partial charge in [0, 0.05) is 9.64 Å². The lowest BCUT2D eigenvalue weighted by atomic mass is 10.1. The molecule has 0 saturated heterocycles. The highest BCUT2D eigenvalue weighted by Gasteiger charge is 2.30. The Morgan fingerprint density at radius 1 is 1.07 bits per heavy atom. The van der Waals surface area contributed by atoms with Gasteiger partial charge in [0.2, 0.25) is 0 Å². The molecule has 2 aromatic carbocycles. The zero-order valence-electron chi connectivity index (χ0n) is 7.40. The van der Waals surface area contributed by atoms with Crippen molar-refractivity contribution >= 4 is 33.4 Å². The monoisotopic (exact) mass is 321 g/mol. The van der Waals surface area contributed by atoms with E-state index in [9.17, 15) is 13.2 Å². The minimum atomic E-state index is -4.32. The van der Waals surface area contributed by atoms with E-state index < -0.39 is 11.7 Å². The largest absolute Gasteiger partial charge is 0.417 e. The molecular weight excluding hydrogens is 316 g/mol. The van der Waals surface area contributed by atoms with Crippen LogP contribution in [0, 0.1) is 9.64 Å². The van der Waals surface area contributed by atoms with Gasteiger partial charge in [-0.15, -0.1) is 0 Å². The zero-order chi connectivity index (χ0) is 11.1. The molecule has 0 aromatic heterocycles. The van der Waals surface area contributed by atoms with Gasteiger partial charge < -0.3 is 0 Å². The SMILES string of the molecule is FC(F)(F)c1[c]c2ccc(I)cc2cc1. The molecule has 0 spiro atoms. The highest BCUT2D eigenvalue weighted by molar-refractivity contribution is 14.1. The molecule has 0 N–H and O–H groups in total. The lowest BCUT2D eigenvalue weighted by Crippen LogP contribution is -2.04. The van der Waals surface area contributed by atoms with Gasteiger partial charge in [0.1, 0.15) is 0 Å². The maximum absolute atomic E-state index is 12.4. The molecule has 0 nitrogen and oxygen atoms in total. The van der Waals surface area contributed by atoms with E-state index in [-0.39, 0.29) is 0 Å². The quantitative estimate of drug-likeness (QED) is 0.636. The average molecular weight is 321 g/mol. The van der Waals surface area contributed by atoms with Crippen LogP contribution in [-0.2, 0) is 6.18 Å². The van der Waals surface area contributed by atoms with E-state index in [4.69, 9.17) is 0 Å². The van der Waals surface area contributed by atoms with E-state index in [1.165, 1.54) is 6.07 Å². The molecule has 0 saturated carbocycles. The summed E-state index contributed by atoms with van der Waals surface area (Å²) in [4.78, 5) is 0. The number of fused-ring (bicyclic) bond motifs is 1. The molecule has 4 heteroatoms. The van der Waals surface area contributed by atoms with Crippen LogP contribution in [0.4, 0.5) is 13.2 Å². The van der Waals surface area contributed by atoms with Crippen molar-refractivity contribution in [1.82, 2.24) is 0 Å². The number of halogens is 4. The van der Waals surface area contributed by atoms with E-state index in [1.54, 1.807) is 12.1 Å². The first kappa shape index (κ1) is 10.7. The van der Waals surface area contributed by atoms with E-state index in [0.717, 1.165) is 15.0 Å². The maximum Gasteiger partial charge on any atom is 0.417 e. The second kappa shape index (κ2) is 3.66. The summed E-state index contributed by atoms with van der Waals surface area (Å²) in [6, 6.07) is 10.1. The molecule has 0 bridgehead atoms.